The Bertz CT molecular complexity index is 438. The monoisotopic (exact) mass is 319 g/mol. The van der Waals surface area contributed by atoms with Crippen molar-refractivity contribution in [3.8, 4) is 0 Å². The molecular weight excluding hydrogens is 305 g/mol. The maximum Gasteiger partial charge on any atom is 0.242 e. The number of alkyl halides is 1. The first-order valence-corrected chi connectivity index (χ1v) is 7.67. The summed E-state index contributed by atoms with van der Waals surface area (Å²) in [7, 11) is 0. The lowest BCUT2D eigenvalue weighted by molar-refractivity contribution is -0.121. The first-order valence-electron chi connectivity index (χ1n) is 6.48. The number of amides is 1. The molecule has 1 aliphatic carbocycles. The van der Waals surface area contributed by atoms with Crippen LogP contribution in [0, 0.1) is 0 Å². The van der Waals surface area contributed by atoms with E-state index in [2.05, 4.69) is 5.32 Å². The van der Waals surface area contributed by atoms with Gasteiger partial charge in [0.1, 0.15) is 5.38 Å². The van der Waals surface area contributed by atoms with Crippen LogP contribution in [0.4, 0.5) is 0 Å². The summed E-state index contributed by atoms with van der Waals surface area (Å²) in [6, 6.07) is 5.33. The van der Waals surface area contributed by atoms with Crippen LogP contribution in [0.25, 0.3) is 0 Å². The van der Waals surface area contributed by atoms with Gasteiger partial charge in [-0.1, -0.05) is 48.5 Å². The maximum atomic E-state index is 12.2. The van der Waals surface area contributed by atoms with Crippen molar-refractivity contribution in [1.29, 1.82) is 0 Å². The van der Waals surface area contributed by atoms with Crippen molar-refractivity contribution in [1.82, 2.24) is 5.32 Å². The van der Waals surface area contributed by atoms with Crippen molar-refractivity contribution in [2.75, 3.05) is 0 Å². The SMILES string of the molecule is O=C(NC1CCCCC1)C(Cl)c1c(Cl)cccc1Cl. The van der Waals surface area contributed by atoms with Crippen molar-refractivity contribution >= 4 is 40.7 Å². The van der Waals surface area contributed by atoms with Crippen LogP contribution in [0.2, 0.25) is 10.0 Å². The molecule has 0 radical (unpaired) electrons. The van der Waals surface area contributed by atoms with Gasteiger partial charge in [-0.25, -0.2) is 0 Å². The Kier molecular flexibility index (Phi) is 5.37. The maximum absolute atomic E-state index is 12.2. The summed E-state index contributed by atoms with van der Waals surface area (Å²) in [5.74, 6) is -0.219. The van der Waals surface area contributed by atoms with Crippen LogP contribution in [-0.4, -0.2) is 11.9 Å². The number of carbonyl (C=O) groups excluding carboxylic acids is 1. The Hall–Kier alpha value is -0.440. The number of carbonyl (C=O) groups is 1. The van der Waals surface area contributed by atoms with Crippen molar-refractivity contribution in [2.24, 2.45) is 0 Å². The molecule has 2 rings (SSSR count). The Morgan fingerprint density at radius 3 is 2.32 bits per heavy atom. The standard InChI is InChI=1S/C14H16Cl3NO/c15-10-7-4-8-11(16)12(10)13(17)14(19)18-9-5-2-1-3-6-9/h4,7-9,13H,1-3,5-6H2,(H,18,19). The van der Waals surface area contributed by atoms with Gasteiger partial charge in [0.15, 0.2) is 0 Å². The zero-order chi connectivity index (χ0) is 13.8. The zero-order valence-corrected chi connectivity index (χ0v) is 12.7. The molecule has 0 saturated heterocycles. The highest BCUT2D eigenvalue weighted by Crippen LogP contribution is 2.34. The number of halogens is 3. The third-order valence-electron chi connectivity index (χ3n) is 3.43. The van der Waals surface area contributed by atoms with Crippen LogP contribution in [-0.2, 0) is 4.79 Å². The summed E-state index contributed by atoms with van der Waals surface area (Å²) < 4.78 is 0. The molecule has 1 N–H and O–H groups in total. The van der Waals surface area contributed by atoms with E-state index in [0.29, 0.717) is 15.6 Å². The van der Waals surface area contributed by atoms with Crippen LogP contribution in [0.5, 0.6) is 0 Å². The highest BCUT2D eigenvalue weighted by Gasteiger charge is 2.25. The molecule has 1 aliphatic rings. The summed E-state index contributed by atoms with van der Waals surface area (Å²) >= 11 is 18.3. The van der Waals surface area contributed by atoms with E-state index in [1.807, 2.05) is 0 Å². The van der Waals surface area contributed by atoms with Gasteiger partial charge in [0.2, 0.25) is 5.91 Å². The molecule has 1 atom stereocenters. The number of hydrogen-bond donors (Lipinski definition) is 1. The van der Waals surface area contributed by atoms with E-state index in [-0.39, 0.29) is 11.9 Å². The third-order valence-corrected chi connectivity index (χ3v) is 4.51. The molecule has 1 amide bonds. The van der Waals surface area contributed by atoms with E-state index in [1.54, 1.807) is 18.2 Å². The molecule has 0 heterocycles. The largest absolute Gasteiger partial charge is 0.352 e. The molecule has 1 aromatic carbocycles. The lowest BCUT2D eigenvalue weighted by Gasteiger charge is -2.24. The normalized spacial score (nSPS) is 18.1. The molecule has 0 aromatic heterocycles. The number of rotatable bonds is 3. The summed E-state index contributed by atoms with van der Waals surface area (Å²) in [6.45, 7) is 0. The second-order valence-electron chi connectivity index (χ2n) is 4.84. The Morgan fingerprint density at radius 1 is 1.16 bits per heavy atom. The molecule has 0 spiro atoms. The molecule has 19 heavy (non-hydrogen) atoms. The van der Waals surface area contributed by atoms with Crippen LogP contribution in [0.1, 0.15) is 43.0 Å². The van der Waals surface area contributed by atoms with Gasteiger partial charge in [0.25, 0.3) is 0 Å². The second-order valence-corrected chi connectivity index (χ2v) is 6.09. The van der Waals surface area contributed by atoms with Gasteiger partial charge in [-0.15, -0.1) is 11.6 Å². The Labute approximate surface area is 128 Å². The molecule has 1 fully saturated rings. The van der Waals surface area contributed by atoms with Gasteiger partial charge in [0.05, 0.1) is 0 Å². The van der Waals surface area contributed by atoms with Gasteiger partial charge >= 0.3 is 0 Å². The van der Waals surface area contributed by atoms with Gasteiger partial charge in [-0.2, -0.15) is 0 Å². The van der Waals surface area contributed by atoms with Gasteiger partial charge in [-0.05, 0) is 25.0 Å². The van der Waals surface area contributed by atoms with Gasteiger partial charge < -0.3 is 5.32 Å². The highest BCUT2D eigenvalue weighted by molar-refractivity contribution is 6.40. The fourth-order valence-corrected chi connectivity index (χ4v) is 3.43. The molecule has 5 heteroatoms. The van der Waals surface area contributed by atoms with Crippen molar-refractivity contribution < 1.29 is 4.79 Å². The lowest BCUT2D eigenvalue weighted by atomic mass is 9.95. The Morgan fingerprint density at radius 2 is 1.74 bits per heavy atom. The topological polar surface area (TPSA) is 29.1 Å². The summed E-state index contributed by atoms with van der Waals surface area (Å²) in [5, 5.41) is 2.98. The molecule has 0 bridgehead atoms. The molecule has 0 aliphatic heterocycles. The van der Waals surface area contributed by atoms with Crippen molar-refractivity contribution in [2.45, 2.75) is 43.5 Å². The molecule has 1 saturated carbocycles. The van der Waals surface area contributed by atoms with Crippen LogP contribution in [0.15, 0.2) is 18.2 Å². The second kappa shape index (κ2) is 6.83. The molecule has 1 aromatic rings. The number of hydrogen-bond acceptors (Lipinski definition) is 1. The highest BCUT2D eigenvalue weighted by atomic mass is 35.5. The van der Waals surface area contributed by atoms with Gasteiger partial charge in [0, 0.05) is 21.7 Å². The lowest BCUT2D eigenvalue weighted by Crippen LogP contribution is -2.38. The Balaban J connectivity index is 2.06. The third kappa shape index (κ3) is 3.77. The minimum Gasteiger partial charge on any atom is -0.352 e. The molecule has 2 nitrogen and oxygen atoms in total. The van der Waals surface area contributed by atoms with E-state index in [4.69, 9.17) is 34.8 Å². The van der Waals surface area contributed by atoms with Crippen LogP contribution >= 0.6 is 34.8 Å². The minimum absolute atomic E-state index is 0.219. The quantitative estimate of drug-likeness (QED) is 0.802. The first kappa shape index (κ1) is 15.0. The van der Waals surface area contributed by atoms with Crippen LogP contribution < -0.4 is 5.32 Å². The first-order chi connectivity index (χ1) is 9.09. The zero-order valence-electron chi connectivity index (χ0n) is 10.5. The molecule has 104 valence electrons. The van der Waals surface area contributed by atoms with E-state index in [0.717, 1.165) is 25.7 Å². The van der Waals surface area contributed by atoms with E-state index >= 15 is 0 Å². The minimum atomic E-state index is -0.844. The summed E-state index contributed by atoms with van der Waals surface area (Å²) in [6.07, 6.45) is 5.60. The van der Waals surface area contributed by atoms with E-state index < -0.39 is 5.38 Å². The number of benzene rings is 1. The average molecular weight is 321 g/mol. The summed E-state index contributed by atoms with van der Waals surface area (Å²) in [4.78, 5) is 12.2. The van der Waals surface area contributed by atoms with E-state index in [1.165, 1.54) is 6.42 Å². The smallest absolute Gasteiger partial charge is 0.242 e. The summed E-state index contributed by atoms with van der Waals surface area (Å²) in [5.41, 5.74) is 0.487. The van der Waals surface area contributed by atoms with Crippen molar-refractivity contribution in [3.63, 3.8) is 0 Å². The fraction of sp³-hybridized carbons (Fsp3) is 0.500. The van der Waals surface area contributed by atoms with E-state index in [9.17, 15) is 4.79 Å². The van der Waals surface area contributed by atoms with Crippen molar-refractivity contribution in [3.05, 3.63) is 33.8 Å². The fourth-order valence-electron chi connectivity index (χ4n) is 2.41. The predicted molar refractivity (Wildman–Crippen MR) is 80.1 cm³/mol. The predicted octanol–water partition coefficient (Wildman–Crippen LogP) is 4.72. The van der Waals surface area contributed by atoms with Crippen LogP contribution in [0.3, 0.4) is 0 Å². The molecular formula is C14H16Cl3NO. The average Bonchev–Trinajstić information content (AvgIpc) is 2.39. The van der Waals surface area contributed by atoms with Gasteiger partial charge in [-0.3, -0.25) is 4.79 Å². The molecule has 1 unspecified atom stereocenters. The number of nitrogens with one attached hydrogen (secondary N) is 1.